The molecule has 2 amide bonds. The molecule has 1 aliphatic heterocycles. The second-order valence-corrected chi connectivity index (χ2v) is 7.53. The summed E-state index contributed by atoms with van der Waals surface area (Å²) in [5.74, 6) is 1.15. The zero-order valence-corrected chi connectivity index (χ0v) is 16.4. The number of carbonyl (C=O) groups excluding carboxylic acids is 1. The Morgan fingerprint density at radius 2 is 2.03 bits per heavy atom. The van der Waals surface area contributed by atoms with Crippen LogP contribution in [-0.4, -0.2) is 55.7 Å². The summed E-state index contributed by atoms with van der Waals surface area (Å²) in [5.41, 5.74) is 1.58. The fourth-order valence-electron chi connectivity index (χ4n) is 3.46. The van der Waals surface area contributed by atoms with Crippen molar-refractivity contribution in [2.45, 2.75) is 25.7 Å². The molecule has 0 saturated carbocycles. The first-order chi connectivity index (χ1) is 14.1. The second-order valence-electron chi connectivity index (χ2n) is 7.53. The first-order valence-corrected chi connectivity index (χ1v) is 9.64. The minimum Gasteiger partial charge on any atom is -0.339 e. The number of amides is 2. The number of hydrogen-bond donors (Lipinski definition) is 1. The Morgan fingerprint density at radius 3 is 2.76 bits per heavy atom. The molecule has 4 rings (SSSR count). The van der Waals surface area contributed by atoms with E-state index in [1.807, 2.05) is 18.3 Å². The maximum atomic E-state index is 12.6. The smallest absolute Gasteiger partial charge is 0.317 e. The van der Waals surface area contributed by atoms with Gasteiger partial charge in [0.15, 0.2) is 0 Å². The third kappa shape index (κ3) is 4.23. The van der Waals surface area contributed by atoms with Crippen molar-refractivity contribution < 1.29 is 9.32 Å². The number of nitrogens with zero attached hydrogens (tertiary/aromatic N) is 6. The summed E-state index contributed by atoms with van der Waals surface area (Å²) in [4.78, 5) is 31.5. The third-order valence-corrected chi connectivity index (χ3v) is 4.93. The quantitative estimate of drug-likeness (QED) is 0.709. The summed E-state index contributed by atoms with van der Waals surface area (Å²) in [7, 11) is 0. The van der Waals surface area contributed by atoms with Gasteiger partial charge in [0, 0.05) is 50.3 Å². The Bertz CT molecular complexity index is 946. The summed E-state index contributed by atoms with van der Waals surface area (Å²) in [5, 5.41) is 7.05. The predicted octanol–water partition coefficient (Wildman–Crippen LogP) is 2.47. The molecule has 29 heavy (non-hydrogen) atoms. The van der Waals surface area contributed by atoms with Crippen molar-refractivity contribution in [2.24, 2.45) is 5.92 Å². The largest absolute Gasteiger partial charge is 0.339 e. The van der Waals surface area contributed by atoms with Crippen molar-refractivity contribution in [1.29, 1.82) is 0 Å². The van der Waals surface area contributed by atoms with Gasteiger partial charge in [0.2, 0.25) is 11.7 Å². The minimum absolute atomic E-state index is 0.0173. The lowest BCUT2D eigenvalue weighted by Gasteiger charge is -2.18. The van der Waals surface area contributed by atoms with E-state index < -0.39 is 0 Å². The number of pyridine rings is 1. The number of nitrogens with one attached hydrogen (secondary N) is 1. The monoisotopic (exact) mass is 393 g/mol. The number of urea groups is 1. The lowest BCUT2D eigenvalue weighted by atomic mass is 9.90. The van der Waals surface area contributed by atoms with Crippen LogP contribution in [0, 0.1) is 5.92 Å². The molecule has 9 heteroatoms. The number of carbonyl (C=O) groups is 1. The van der Waals surface area contributed by atoms with E-state index in [1.54, 1.807) is 29.7 Å². The number of rotatable bonds is 5. The molecule has 0 spiro atoms. The van der Waals surface area contributed by atoms with Crippen LogP contribution in [-0.2, 0) is 0 Å². The van der Waals surface area contributed by atoms with Gasteiger partial charge >= 0.3 is 6.03 Å². The lowest BCUT2D eigenvalue weighted by molar-refractivity contribution is 0.206. The van der Waals surface area contributed by atoms with Gasteiger partial charge in [-0.05, 0) is 17.5 Å². The van der Waals surface area contributed by atoms with Crippen LogP contribution >= 0.6 is 0 Å². The van der Waals surface area contributed by atoms with Crippen LogP contribution in [0.5, 0.6) is 0 Å². The van der Waals surface area contributed by atoms with E-state index in [1.165, 1.54) is 0 Å². The lowest BCUT2D eigenvalue weighted by Crippen LogP contribution is -2.40. The molecule has 0 unspecified atom stereocenters. The van der Waals surface area contributed by atoms with E-state index >= 15 is 0 Å². The summed E-state index contributed by atoms with van der Waals surface area (Å²) in [6, 6.07) is 3.83. The molecule has 2 atom stereocenters. The Morgan fingerprint density at radius 1 is 1.21 bits per heavy atom. The maximum Gasteiger partial charge on any atom is 0.317 e. The van der Waals surface area contributed by atoms with Crippen LogP contribution < -0.4 is 5.32 Å². The van der Waals surface area contributed by atoms with Gasteiger partial charge in [0.1, 0.15) is 5.69 Å². The predicted molar refractivity (Wildman–Crippen MR) is 105 cm³/mol. The fraction of sp³-hybridized carbons (Fsp3) is 0.400. The molecule has 3 aromatic rings. The molecule has 4 heterocycles. The van der Waals surface area contributed by atoms with Gasteiger partial charge in [-0.2, -0.15) is 4.98 Å². The zero-order valence-electron chi connectivity index (χ0n) is 16.4. The molecule has 0 radical (unpaired) electrons. The van der Waals surface area contributed by atoms with Crippen LogP contribution in [0.25, 0.3) is 11.5 Å². The van der Waals surface area contributed by atoms with Gasteiger partial charge in [0.25, 0.3) is 0 Å². The highest BCUT2D eigenvalue weighted by molar-refractivity contribution is 5.74. The first-order valence-electron chi connectivity index (χ1n) is 9.64. The van der Waals surface area contributed by atoms with E-state index in [9.17, 15) is 4.79 Å². The normalized spacial score (nSPS) is 18.9. The fourth-order valence-corrected chi connectivity index (χ4v) is 3.46. The summed E-state index contributed by atoms with van der Waals surface area (Å²) < 4.78 is 5.57. The van der Waals surface area contributed by atoms with Crippen LogP contribution in [0.4, 0.5) is 4.79 Å². The van der Waals surface area contributed by atoms with Gasteiger partial charge in [-0.3, -0.25) is 9.97 Å². The molecule has 0 bridgehead atoms. The summed E-state index contributed by atoms with van der Waals surface area (Å²) >= 11 is 0. The van der Waals surface area contributed by atoms with Crippen LogP contribution in [0.2, 0.25) is 0 Å². The Kier molecular flexibility index (Phi) is 5.46. The number of likely N-dealkylation sites (tertiary alicyclic amines) is 1. The van der Waals surface area contributed by atoms with Crippen LogP contribution in [0.15, 0.2) is 47.6 Å². The first kappa shape index (κ1) is 19.0. The highest BCUT2D eigenvalue weighted by Crippen LogP contribution is 2.39. The molecule has 0 aromatic carbocycles. The molecule has 1 aliphatic rings. The topological polar surface area (TPSA) is 110 Å². The van der Waals surface area contributed by atoms with Crippen molar-refractivity contribution in [3.63, 3.8) is 0 Å². The van der Waals surface area contributed by atoms with Gasteiger partial charge in [-0.25, -0.2) is 9.78 Å². The molecule has 1 saturated heterocycles. The van der Waals surface area contributed by atoms with Crippen molar-refractivity contribution >= 4 is 6.03 Å². The summed E-state index contributed by atoms with van der Waals surface area (Å²) in [6.45, 7) is 5.82. The number of hydrogen-bond acceptors (Lipinski definition) is 7. The molecule has 1 fully saturated rings. The molecule has 0 aliphatic carbocycles. The SMILES string of the molecule is CC(C)CNC(=O)N1C[C@@H](c2cccnc2)[C@H](c2nc(-c3cnccn3)no2)C1. The van der Waals surface area contributed by atoms with E-state index in [0.717, 1.165) is 5.56 Å². The van der Waals surface area contributed by atoms with Gasteiger partial charge in [-0.1, -0.05) is 25.1 Å². The van der Waals surface area contributed by atoms with E-state index in [-0.39, 0.29) is 17.9 Å². The van der Waals surface area contributed by atoms with E-state index in [4.69, 9.17) is 4.52 Å². The molecule has 9 nitrogen and oxygen atoms in total. The standard InChI is InChI=1S/C20H23N7O2/c1-13(2)8-24-20(28)27-11-15(14-4-3-5-21-9-14)16(12-27)19-25-18(26-29-19)17-10-22-6-7-23-17/h3-7,9-10,13,15-16H,8,11-12H2,1-2H3,(H,24,28)/t15-,16+/m0/s1. The van der Waals surface area contributed by atoms with Gasteiger partial charge in [-0.15, -0.1) is 0 Å². The van der Waals surface area contributed by atoms with Crippen LogP contribution in [0.1, 0.15) is 37.1 Å². The Balaban J connectivity index is 1.59. The third-order valence-electron chi connectivity index (χ3n) is 4.93. The minimum atomic E-state index is -0.123. The average molecular weight is 393 g/mol. The Hall–Kier alpha value is -3.36. The number of aromatic nitrogens is 5. The Labute approximate surface area is 168 Å². The van der Waals surface area contributed by atoms with Crippen molar-refractivity contribution in [3.05, 3.63) is 54.6 Å². The average Bonchev–Trinajstić information content (AvgIpc) is 3.41. The molecule has 150 valence electrons. The van der Waals surface area contributed by atoms with Crippen LogP contribution in [0.3, 0.4) is 0 Å². The molecular formula is C20H23N7O2. The maximum absolute atomic E-state index is 12.6. The second kappa shape index (κ2) is 8.34. The molecule has 1 N–H and O–H groups in total. The van der Waals surface area contributed by atoms with Crippen molar-refractivity contribution in [1.82, 2.24) is 35.3 Å². The van der Waals surface area contributed by atoms with Crippen molar-refractivity contribution in [2.75, 3.05) is 19.6 Å². The molecular weight excluding hydrogens is 370 g/mol. The van der Waals surface area contributed by atoms with Gasteiger partial charge < -0.3 is 14.7 Å². The molecule has 3 aromatic heterocycles. The van der Waals surface area contributed by atoms with E-state index in [2.05, 4.69) is 44.3 Å². The highest BCUT2D eigenvalue weighted by atomic mass is 16.5. The van der Waals surface area contributed by atoms with Gasteiger partial charge in [0.05, 0.1) is 12.1 Å². The van der Waals surface area contributed by atoms with E-state index in [0.29, 0.717) is 43.0 Å². The zero-order chi connectivity index (χ0) is 20.2. The summed E-state index contributed by atoms with van der Waals surface area (Å²) in [6.07, 6.45) is 8.33. The highest BCUT2D eigenvalue weighted by Gasteiger charge is 2.40. The van der Waals surface area contributed by atoms with Crippen molar-refractivity contribution in [3.8, 4) is 11.5 Å².